The fourth-order valence-corrected chi connectivity index (χ4v) is 3.64. The second kappa shape index (κ2) is 3.72. The smallest absolute Gasteiger partial charge is 0.323 e. The number of hydrogen-bond acceptors (Lipinski definition) is 4. The van der Waals surface area contributed by atoms with Crippen molar-refractivity contribution in [2.24, 2.45) is 22.7 Å². The van der Waals surface area contributed by atoms with Crippen molar-refractivity contribution in [2.45, 2.75) is 33.1 Å². The highest BCUT2D eigenvalue weighted by Gasteiger charge is 2.71. The van der Waals surface area contributed by atoms with Gasteiger partial charge in [-0.3, -0.25) is 9.59 Å². The molecule has 0 saturated heterocycles. The number of carbonyl (C=O) groups excluding carboxylic acids is 2. The Morgan fingerprint density at radius 3 is 2.00 bits per heavy atom. The van der Waals surface area contributed by atoms with E-state index in [2.05, 4.69) is 13.8 Å². The van der Waals surface area contributed by atoms with Gasteiger partial charge < -0.3 is 9.47 Å². The summed E-state index contributed by atoms with van der Waals surface area (Å²) in [4.78, 5) is 23.9. The van der Waals surface area contributed by atoms with Crippen LogP contribution in [0, 0.1) is 22.7 Å². The molecule has 2 rings (SSSR count). The van der Waals surface area contributed by atoms with E-state index in [-0.39, 0.29) is 5.41 Å². The lowest BCUT2D eigenvalue weighted by molar-refractivity contribution is -0.170. The van der Waals surface area contributed by atoms with Crippen molar-refractivity contribution < 1.29 is 19.1 Å². The third kappa shape index (κ3) is 1.49. The number of esters is 2. The normalized spacial score (nSPS) is 33.1. The summed E-state index contributed by atoms with van der Waals surface area (Å²) in [6.45, 7) is 4.31. The molecule has 0 N–H and O–H groups in total. The Morgan fingerprint density at radius 2 is 1.65 bits per heavy atom. The van der Waals surface area contributed by atoms with Crippen molar-refractivity contribution in [1.29, 1.82) is 0 Å². The van der Waals surface area contributed by atoms with Crippen LogP contribution in [0.4, 0.5) is 0 Å². The number of methoxy groups -OCH3 is 2. The molecule has 4 nitrogen and oxygen atoms in total. The Bertz CT molecular complexity index is 344. The van der Waals surface area contributed by atoms with Crippen LogP contribution in [0.2, 0.25) is 0 Å². The van der Waals surface area contributed by atoms with Gasteiger partial charge in [0.2, 0.25) is 0 Å². The van der Waals surface area contributed by atoms with E-state index in [9.17, 15) is 9.59 Å². The maximum absolute atomic E-state index is 11.9. The van der Waals surface area contributed by atoms with Crippen molar-refractivity contribution in [3.63, 3.8) is 0 Å². The van der Waals surface area contributed by atoms with Gasteiger partial charge in [-0.2, -0.15) is 0 Å². The minimum absolute atomic E-state index is 0.155. The highest BCUT2D eigenvalue weighted by Crippen LogP contribution is 2.72. The molecule has 4 heteroatoms. The van der Waals surface area contributed by atoms with Crippen molar-refractivity contribution >= 4 is 11.9 Å². The maximum atomic E-state index is 11.9. The van der Waals surface area contributed by atoms with E-state index in [0.717, 1.165) is 6.42 Å². The van der Waals surface area contributed by atoms with Crippen molar-refractivity contribution in [3.8, 4) is 0 Å². The molecule has 0 aromatic rings. The van der Waals surface area contributed by atoms with E-state index in [4.69, 9.17) is 9.47 Å². The molecule has 96 valence electrons. The van der Waals surface area contributed by atoms with E-state index < -0.39 is 17.4 Å². The molecular weight excluding hydrogens is 220 g/mol. The molecule has 17 heavy (non-hydrogen) atoms. The highest BCUT2D eigenvalue weighted by molar-refractivity contribution is 6.00. The molecule has 0 heterocycles. The molecule has 2 aliphatic rings. The van der Waals surface area contributed by atoms with Gasteiger partial charge in [-0.25, -0.2) is 0 Å². The predicted octanol–water partition coefficient (Wildman–Crippen LogP) is 1.77. The molecule has 0 spiro atoms. The molecule has 2 saturated carbocycles. The summed E-state index contributed by atoms with van der Waals surface area (Å²) < 4.78 is 9.63. The zero-order valence-electron chi connectivity index (χ0n) is 10.9. The van der Waals surface area contributed by atoms with E-state index in [1.54, 1.807) is 0 Å². The number of rotatable bonds is 3. The standard InChI is InChI=1S/C13H20O4/c1-8(2)12-5-9(12)6-13(7-12,10(14)16-3)11(15)17-4/h8-9H,5-7H2,1-4H3/t9?,12-/m0/s1. The molecule has 2 atom stereocenters. The molecule has 2 aliphatic carbocycles. The number of fused-ring (bicyclic) bond motifs is 1. The Labute approximate surface area is 102 Å². The number of carbonyl (C=O) groups is 2. The average molecular weight is 240 g/mol. The molecule has 0 aliphatic heterocycles. The molecule has 0 bridgehead atoms. The first-order valence-electron chi connectivity index (χ1n) is 6.10. The van der Waals surface area contributed by atoms with E-state index in [1.807, 2.05) is 0 Å². The van der Waals surface area contributed by atoms with Gasteiger partial charge in [-0.1, -0.05) is 13.8 Å². The largest absolute Gasteiger partial charge is 0.468 e. The second-order valence-electron chi connectivity index (χ2n) is 5.74. The summed E-state index contributed by atoms with van der Waals surface area (Å²) in [6, 6.07) is 0. The van der Waals surface area contributed by atoms with Gasteiger partial charge in [0, 0.05) is 0 Å². The lowest BCUT2D eigenvalue weighted by Crippen LogP contribution is -2.41. The monoisotopic (exact) mass is 240 g/mol. The zero-order valence-corrected chi connectivity index (χ0v) is 10.9. The summed E-state index contributed by atoms with van der Waals surface area (Å²) in [5.74, 6) is 0.0949. The summed E-state index contributed by atoms with van der Waals surface area (Å²) in [7, 11) is 2.66. The maximum Gasteiger partial charge on any atom is 0.323 e. The summed E-state index contributed by atoms with van der Waals surface area (Å²) in [6.07, 6.45) is 2.30. The number of ether oxygens (including phenoxy) is 2. The van der Waals surface area contributed by atoms with Gasteiger partial charge in [-0.05, 0) is 36.5 Å². The Kier molecular flexibility index (Phi) is 2.71. The fraction of sp³-hybridized carbons (Fsp3) is 0.846. The predicted molar refractivity (Wildman–Crippen MR) is 61.1 cm³/mol. The summed E-state index contributed by atoms with van der Waals surface area (Å²) >= 11 is 0. The van der Waals surface area contributed by atoms with Crippen LogP contribution in [0.25, 0.3) is 0 Å². The third-order valence-corrected chi connectivity index (χ3v) is 4.81. The molecule has 0 amide bonds. The summed E-state index contributed by atoms with van der Waals surface area (Å²) in [5, 5.41) is 0. The minimum Gasteiger partial charge on any atom is -0.468 e. The fourth-order valence-electron chi connectivity index (χ4n) is 3.64. The van der Waals surface area contributed by atoms with E-state index in [1.165, 1.54) is 14.2 Å². The highest BCUT2D eigenvalue weighted by atomic mass is 16.5. The first kappa shape index (κ1) is 12.4. The summed E-state index contributed by atoms with van der Waals surface area (Å²) in [5.41, 5.74) is -0.890. The van der Waals surface area contributed by atoms with Gasteiger partial charge in [0.25, 0.3) is 0 Å². The van der Waals surface area contributed by atoms with Crippen LogP contribution in [0.5, 0.6) is 0 Å². The molecule has 0 radical (unpaired) electrons. The first-order chi connectivity index (χ1) is 7.93. The molecule has 0 aromatic heterocycles. The minimum atomic E-state index is -1.04. The Hall–Kier alpha value is -1.06. The quantitative estimate of drug-likeness (QED) is 0.557. The van der Waals surface area contributed by atoms with Crippen LogP contribution in [0.1, 0.15) is 33.1 Å². The third-order valence-electron chi connectivity index (χ3n) is 4.81. The topological polar surface area (TPSA) is 52.6 Å². The van der Waals surface area contributed by atoms with Crippen LogP contribution in [0.3, 0.4) is 0 Å². The average Bonchev–Trinajstić information content (AvgIpc) is 2.91. The lowest BCUT2D eigenvalue weighted by Gasteiger charge is -2.27. The van der Waals surface area contributed by atoms with Crippen LogP contribution in [-0.2, 0) is 19.1 Å². The van der Waals surface area contributed by atoms with Crippen LogP contribution in [0.15, 0.2) is 0 Å². The van der Waals surface area contributed by atoms with Crippen molar-refractivity contribution in [1.82, 2.24) is 0 Å². The first-order valence-corrected chi connectivity index (χ1v) is 6.10. The zero-order chi connectivity index (χ0) is 12.8. The van der Waals surface area contributed by atoms with Crippen LogP contribution in [-0.4, -0.2) is 26.2 Å². The van der Waals surface area contributed by atoms with E-state index >= 15 is 0 Å². The van der Waals surface area contributed by atoms with Gasteiger partial charge >= 0.3 is 11.9 Å². The number of hydrogen-bond donors (Lipinski definition) is 0. The lowest BCUT2D eigenvalue weighted by atomic mass is 9.78. The van der Waals surface area contributed by atoms with Crippen LogP contribution < -0.4 is 0 Å². The molecule has 0 aromatic carbocycles. The Morgan fingerprint density at radius 1 is 1.12 bits per heavy atom. The van der Waals surface area contributed by atoms with Crippen LogP contribution >= 0.6 is 0 Å². The molecular formula is C13H20O4. The van der Waals surface area contributed by atoms with Gasteiger partial charge in [0.1, 0.15) is 0 Å². The van der Waals surface area contributed by atoms with Gasteiger partial charge in [0.15, 0.2) is 5.41 Å². The molecule has 2 fully saturated rings. The second-order valence-corrected chi connectivity index (χ2v) is 5.74. The van der Waals surface area contributed by atoms with Crippen molar-refractivity contribution in [3.05, 3.63) is 0 Å². The Balaban J connectivity index is 2.28. The van der Waals surface area contributed by atoms with Crippen molar-refractivity contribution in [2.75, 3.05) is 14.2 Å². The SMILES string of the molecule is COC(=O)C1(C(=O)OC)CC2C[C@@]2(C(C)C)C1. The van der Waals surface area contributed by atoms with Gasteiger partial charge in [-0.15, -0.1) is 0 Å². The van der Waals surface area contributed by atoms with Gasteiger partial charge in [0.05, 0.1) is 14.2 Å². The molecule has 1 unspecified atom stereocenters. The van der Waals surface area contributed by atoms with E-state index in [0.29, 0.717) is 24.7 Å².